The SMILES string of the molecule is CCCN(C(=O)CSc1nc2ccccc2c(=O)n1Cc1ccc(C)cc1)C1CCS(=O)(=O)C1. The van der Waals surface area contributed by atoms with Crippen LogP contribution >= 0.6 is 11.8 Å². The molecule has 34 heavy (non-hydrogen) atoms. The molecule has 1 amide bonds. The lowest BCUT2D eigenvalue weighted by molar-refractivity contribution is -0.130. The standard InChI is InChI=1S/C25H29N3O4S2/c1-3-13-27(20-12-14-34(31,32)17-20)23(29)16-33-25-26-22-7-5-4-6-21(22)24(30)28(25)15-19-10-8-18(2)9-11-19/h4-11,20H,3,12-17H2,1-2H3. The molecular formula is C25H29N3O4S2. The molecule has 3 aromatic rings. The van der Waals surface area contributed by atoms with Gasteiger partial charge in [-0.05, 0) is 37.5 Å². The molecule has 0 aliphatic carbocycles. The largest absolute Gasteiger partial charge is 0.338 e. The number of hydrogen-bond donors (Lipinski definition) is 0. The third kappa shape index (κ3) is 5.52. The molecule has 7 nitrogen and oxygen atoms in total. The topological polar surface area (TPSA) is 89.3 Å². The minimum Gasteiger partial charge on any atom is -0.338 e. The average molecular weight is 500 g/mol. The normalized spacial score (nSPS) is 17.2. The number of fused-ring (bicyclic) bond motifs is 1. The average Bonchev–Trinajstić information content (AvgIpc) is 3.18. The van der Waals surface area contributed by atoms with Gasteiger partial charge in [-0.2, -0.15) is 0 Å². The number of benzene rings is 2. The van der Waals surface area contributed by atoms with E-state index in [1.54, 1.807) is 21.6 Å². The molecule has 0 spiro atoms. The van der Waals surface area contributed by atoms with Gasteiger partial charge in [-0.25, -0.2) is 13.4 Å². The number of nitrogens with zero attached hydrogens (tertiary/aromatic N) is 3. The first-order valence-electron chi connectivity index (χ1n) is 11.4. The molecule has 4 rings (SSSR count). The van der Waals surface area contributed by atoms with E-state index in [2.05, 4.69) is 0 Å². The van der Waals surface area contributed by atoms with Gasteiger partial charge in [-0.3, -0.25) is 14.2 Å². The molecule has 1 unspecified atom stereocenters. The molecule has 1 saturated heterocycles. The summed E-state index contributed by atoms with van der Waals surface area (Å²) in [5.74, 6) is 0.115. The molecule has 180 valence electrons. The number of rotatable bonds is 8. The van der Waals surface area contributed by atoms with Crippen LogP contribution in [-0.2, 0) is 21.2 Å². The Morgan fingerprint density at radius 1 is 1.18 bits per heavy atom. The summed E-state index contributed by atoms with van der Waals surface area (Å²) in [5, 5.41) is 1.02. The Balaban J connectivity index is 1.61. The van der Waals surface area contributed by atoms with Crippen molar-refractivity contribution in [3.63, 3.8) is 0 Å². The minimum atomic E-state index is -3.09. The van der Waals surface area contributed by atoms with Crippen molar-refractivity contribution in [3.05, 3.63) is 70.0 Å². The summed E-state index contributed by atoms with van der Waals surface area (Å²) in [4.78, 5) is 32.9. The number of carbonyl (C=O) groups is 1. The van der Waals surface area contributed by atoms with E-state index in [-0.39, 0.29) is 34.8 Å². The molecule has 0 bridgehead atoms. The molecule has 0 saturated carbocycles. The van der Waals surface area contributed by atoms with Crippen LogP contribution in [0.25, 0.3) is 10.9 Å². The van der Waals surface area contributed by atoms with Crippen molar-refractivity contribution >= 4 is 38.4 Å². The molecule has 1 aliphatic heterocycles. The van der Waals surface area contributed by atoms with Crippen molar-refractivity contribution in [1.82, 2.24) is 14.5 Å². The zero-order valence-corrected chi connectivity index (χ0v) is 21.1. The second kappa shape index (κ2) is 10.3. The second-order valence-electron chi connectivity index (χ2n) is 8.72. The van der Waals surface area contributed by atoms with Crippen LogP contribution in [0.2, 0.25) is 0 Å². The summed E-state index contributed by atoms with van der Waals surface area (Å²) in [7, 11) is -3.09. The molecule has 2 aromatic carbocycles. The minimum absolute atomic E-state index is 0.0236. The van der Waals surface area contributed by atoms with Gasteiger partial charge in [0.25, 0.3) is 5.56 Å². The quantitative estimate of drug-likeness (QED) is 0.349. The maximum Gasteiger partial charge on any atom is 0.262 e. The van der Waals surface area contributed by atoms with E-state index >= 15 is 0 Å². The maximum absolute atomic E-state index is 13.3. The fourth-order valence-electron chi connectivity index (χ4n) is 4.26. The molecule has 1 atom stereocenters. The van der Waals surface area contributed by atoms with Crippen molar-refractivity contribution in [2.45, 2.75) is 44.4 Å². The Bertz CT molecular complexity index is 1350. The van der Waals surface area contributed by atoms with Gasteiger partial charge in [0.2, 0.25) is 5.91 Å². The maximum atomic E-state index is 13.3. The van der Waals surface area contributed by atoms with Crippen LogP contribution in [0.3, 0.4) is 0 Å². The Morgan fingerprint density at radius 2 is 1.91 bits per heavy atom. The van der Waals surface area contributed by atoms with Crippen LogP contribution in [0, 0.1) is 6.92 Å². The summed E-state index contributed by atoms with van der Waals surface area (Å²) >= 11 is 1.23. The second-order valence-corrected chi connectivity index (χ2v) is 11.9. The first kappa shape index (κ1) is 24.5. The number of carbonyl (C=O) groups excluding carboxylic acids is 1. The lowest BCUT2D eigenvalue weighted by atomic mass is 10.1. The summed E-state index contributed by atoms with van der Waals surface area (Å²) in [6.45, 7) is 4.85. The summed E-state index contributed by atoms with van der Waals surface area (Å²) in [5.41, 5.74) is 2.56. The van der Waals surface area contributed by atoms with Crippen molar-refractivity contribution in [1.29, 1.82) is 0 Å². The zero-order valence-electron chi connectivity index (χ0n) is 19.4. The molecule has 2 heterocycles. The van der Waals surface area contributed by atoms with E-state index in [4.69, 9.17) is 4.98 Å². The van der Waals surface area contributed by atoms with Crippen LogP contribution in [0.15, 0.2) is 58.5 Å². The van der Waals surface area contributed by atoms with E-state index in [9.17, 15) is 18.0 Å². The molecular weight excluding hydrogens is 470 g/mol. The first-order chi connectivity index (χ1) is 16.3. The van der Waals surface area contributed by atoms with E-state index < -0.39 is 9.84 Å². The fraction of sp³-hybridized carbons (Fsp3) is 0.400. The molecule has 0 N–H and O–H groups in total. The number of aromatic nitrogens is 2. The molecule has 1 aromatic heterocycles. The van der Waals surface area contributed by atoms with Crippen LogP contribution in [0.1, 0.15) is 30.9 Å². The van der Waals surface area contributed by atoms with Gasteiger partial charge in [0.05, 0.1) is 34.7 Å². The lowest BCUT2D eigenvalue weighted by Gasteiger charge is -2.28. The number of hydrogen-bond acceptors (Lipinski definition) is 6. The monoisotopic (exact) mass is 499 g/mol. The Morgan fingerprint density at radius 3 is 2.59 bits per heavy atom. The van der Waals surface area contributed by atoms with Crippen molar-refractivity contribution < 1.29 is 13.2 Å². The molecule has 0 radical (unpaired) electrons. The van der Waals surface area contributed by atoms with Crippen molar-refractivity contribution in [3.8, 4) is 0 Å². The zero-order chi connectivity index (χ0) is 24.3. The first-order valence-corrected chi connectivity index (χ1v) is 14.3. The fourth-order valence-corrected chi connectivity index (χ4v) is 6.87. The van der Waals surface area contributed by atoms with Crippen LogP contribution in [0.5, 0.6) is 0 Å². The van der Waals surface area contributed by atoms with Crippen LogP contribution < -0.4 is 5.56 Å². The van der Waals surface area contributed by atoms with Gasteiger partial charge in [-0.15, -0.1) is 0 Å². The highest BCUT2D eigenvalue weighted by Gasteiger charge is 2.34. The third-order valence-corrected chi connectivity index (χ3v) is 8.76. The highest BCUT2D eigenvalue weighted by Crippen LogP contribution is 2.23. The van der Waals surface area contributed by atoms with Gasteiger partial charge in [0, 0.05) is 12.6 Å². The van der Waals surface area contributed by atoms with E-state index in [1.807, 2.05) is 50.2 Å². The summed E-state index contributed by atoms with van der Waals surface area (Å²) in [6.07, 6.45) is 1.23. The Hall–Kier alpha value is -2.65. The summed E-state index contributed by atoms with van der Waals surface area (Å²) in [6, 6.07) is 14.9. The summed E-state index contributed by atoms with van der Waals surface area (Å²) < 4.78 is 25.5. The van der Waals surface area contributed by atoms with Crippen molar-refractivity contribution in [2.75, 3.05) is 23.8 Å². The van der Waals surface area contributed by atoms with Gasteiger partial charge >= 0.3 is 0 Å². The third-order valence-electron chi connectivity index (χ3n) is 6.05. The number of sulfone groups is 1. The lowest BCUT2D eigenvalue weighted by Crippen LogP contribution is -2.42. The number of amides is 1. The van der Waals surface area contributed by atoms with Gasteiger partial charge < -0.3 is 4.90 Å². The van der Waals surface area contributed by atoms with Crippen LogP contribution in [0.4, 0.5) is 0 Å². The van der Waals surface area contributed by atoms with Gasteiger partial charge in [0.1, 0.15) is 0 Å². The molecule has 1 fully saturated rings. The molecule has 9 heteroatoms. The van der Waals surface area contributed by atoms with Gasteiger partial charge in [-0.1, -0.05) is 60.6 Å². The highest BCUT2D eigenvalue weighted by atomic mass is 32.2. The predicted octanol–water partition coefficient (Wildman–Crippen LogP) is 3.27. The molecule has 1 aliphatic rings. The van der Waals surface area contributed by atoms with Gasteiger partial charge in [0.15, 0.2) is 15.0 Å². The van der Waals surface area contributed by atoms with E-state index in [1.165, 1.54) is 11.8 Å². The predicted molar refractivity (Wildman–Crippen MR) is 136 cm³/mol. The number of aryl methyl sites for hydroxylation is 1. The number of para-hydroxylation sites is 1. The highest BCUT2D eigenvalue weighted by molar-refractivity contribution is 7.99. The van der Waals surface area contributed by atoms with E-state index in [0.29, 0.717) is 35.6 Å². The van der Waals surface area contributed by atoms with Crippen LogP contribution in [-0.4, -0.2) is 58.6 Å². The van der Waals surface area contributed by atoms with Crippen molar-refractivity contribution in [2.24, 2.45) is 0 Å². The smallest absolute Gasteiger partial charge is 0.262 e. The van der Waals surface area contributed by atoms with E-state index in [0.717, 1.165) is 17.5 Å². The Kier molecular flexibility index (Phi) is 7.42. The Labute approximate surface area is 204 Å². The number of thioether (sulfide) groups is 1.